The molecule has 0 aromatic heterocycles. The van der Waals surface area contributed by atoms with Crippen LogP contribution in [0.4, 0.5) is 4.79 Å². The van der Waals surface area contributed by atoms with Crippen molar-refractivity contribution in [3.63, 3.8) is 0 Å². The first-order chi connectivity index (χ1) is 8.49. The van der Waals surface area contributed by atoms with Gasteiger partial charge >= 0.3 is 12.1 Å². The van der Waals surface area contributed by atoms with Gasteiger partial charge in [-0.1, -0.05) is 0 Å². The van der Waals surface area contributed by atoms with E-state index >= 15 is 0 Å². The van der Waals surface area contributed by atoms with E-state index in [2.05, 4.69) is 0 Å². The molecule has 6 heteroatoms. The zero-order valence-electron chi connectivity index (χ0n) is 12.1. The molecule has 0 aromatic rings. The first-order valence-electron chi connectivity index (χ1n) is 6.37. The molecule has 6 nitrogen and oxygen atoms in total. The van der Waals surface area contributed by atoms with Crippen LogP contribution in [-0.4, -0.2) is 52.0 Å². The maximum Gasteiger partial charge on any atom is 0.410 e. The maximum atomic E-state index is 11.9. The van der Waals surface area contributed by atoms with E-state index in [-0.39, 0.29) is 12.8 Å². The highest BCUT2D eigenvalue weighted by Crippen LogP contribution is 2.46. The Morgan fingerprint density at radius 1 is 1.37 bits per heavy atom. The van der Waals surface area contributed by atoms with Crippen LogP contribution in [0.3, 0.4) is 0 Å². The largest absolute Gasteiger partial charge is 0.481 e. The van der Waals surface area contributed by atoms with Crippen LogP contribution in [0.5, 0.6) is 0 Å². The summed E-state index contributed by atoms with van der Waals surface area (Å²) in [6, 6.07) is -0.539. The standard InChI is InChI=1S/C13H23NO5/c1-8(13(10(16)17)6-9(15)7-13)14(5)11(18)19-12(2,3)4/h8-9,15H,6-7H2,1-5H3,(H,16,17). The Bertz CT molecular complexity index is 368. The molecule has 110 valence electrons. The van der Waals surface area contributed by atoms with Gasteiger partial charge < -0.3 is 19.8 Å². The van der Waals surface area contributed by atoms with Crippen LogP contribution in [0.25, 0.3) is 0 Å². The van der Waals surface area contributed by atoms with Crippen LogP contribution in [0.2, 0.25) is 0 Å². The Morgan fingerprint density at radius 3 is 2.16 bits per heavy atom. The average Bonchev–Trinajstić information content (AvgIpc) is 2.19. The zero-order valence-corrected chi connectivity index (χ0v) is 12.1. The quantitative estimate of drug-likeness (QED) is 0.813. The van der Waals surface area contributed by atoms with Crippen molar-refractivity contribution in [1.82, 2.24) is 4.90 Å². The first-order valence-corrected chi connectivity index (χ1v) is 6.37. The van der Waals surface area contributed by atoms with E-state index in [9.17, 15) is 19.8 Å². The van der Waals surface area contributed by atoms with E-state index in [0.29, 0.717) is 0 Å². The number of carbonyl (C=O) groups is 2. The summed E-state index contributed by atoms with van der Waals surface area (Å²) in [4.78, 5) is 24.6. The van der Waals surface area contributed by atoms with Crippen molar-refractivity contribution in [3.05, 3.63) is 0 Å². The van der Waals surface area contributed by atoms with E-state index in [1.807, 2.05) is 0 Å². The normalized spacial score (nSPS) is 28.2. The summed E-state index contributed by atoms with van der Waals surface area (Å²) in [7, 11) is 1.52. The van der Waals surface area contributed by atoms with E-state index in [1.165, 1.54) is 11.9 Å². The maximum absolute atomic E-state index is 11.9. The zero-order chi connectivity index (χ0) is 15.0. The molecule has 19 heavy (non-hydrogen) atoms. The number of hydrogen-bond acceptors (Lipinski definition) is 4. The van der Waals surface area contributed by atoms with Gasteiger partial charge in [-0.3, -0.25) is 4.79 Å². The molecule has 0 aromatic carbocycles. The number of aliphatic hydroxyl groups is 1. The fraction of sp³-hybridized carbons (Fsp3) is 0.846. The average molecular weight is 273 g/mol. The lowest BCUT2D eigenvalue weighted by Crippen LogP contribution is -2.59. The number of hydrogen-bond donors (Lipinski definition) is 2. The summed E-state index contributed by atoms with van der Waals surface area (Å²) in [6.07, 6.45) is -0.833. The summed E-state index contributed by atoms with van der Waals surface area (Å²) in [5, 5.41) is 18.7. The van der Waals surface area contributed by atoms with Gasteiger partial charge in [0, 0.05) is 13.1 Å². The molecule has 1 amide bonds. The molecular formula is C13H23NO5. The third-order valence-electron chi connectivity index (χ3n) is 3.69. The van der Waals surface area contributed by atoms with Gasteiger partial charge in [-0.15, -0.1) is 0 Å². The Labute approximate surface area is 113 Å². The second-order valence-corrected chi connectivity index (χ2v) is 6.29. The predicted octanol–water partition coefficient (Wildman–Crippen LogP) is 1.47. The lowest BCUT2D eigenvalue weighted by Gasteiger charge is -2.48. The molecule has 0 saturated heterocycles. The minimum absolute atomic E-state index is 0.163. The van der Waals surface area contributed by atoms with Crippen molar-refractivity contribution in [2.75, 3.05) is 7.05 Å². The monoisotopic (exact) mass is 273 g/mol. The Balaban J connectivity index is 2.78. The van der Waals surface area contributed by atoms with Gasteiger partial charge in [0.25, 0.3) is 0 Å². The number of carbonyl (C=O) groups excluding carboxylic acids is 1. The van der Waals surface area contributed by atoms with Crippen LogP contribution in [-0.2, 0) is 9.53 Å². The number of aliphatic carboxylic acids is 1. The predicted molar refractivity (Wildman–Crippen MR) is 68.8 cm³/mol. The van der Waals surface area contributed by atoms with E-state index in [4.69, 9.17) is 4.74 Å². The van der Waals surface area contributed by atoms with Gasteiger partial charge in [0.15, 0.2) is 0 Å². The van der Waals surface area contributed by atoms with Crippen LogP contribution in [0, 0.1) is 5.41 Å². The Hall–Kier alpha value is -1.30. The SMILES string of the molecule is CC(N(C)C(=O)OC(C)(C)C)C1(C(=O)O)CC(O)C1. The number of carboxylic acid groups (broad SMARTS) is 1. The molecule has 1 fully saturated rings. The fourth-order valence-electron chi connectivity index (χ4n) is 2.34. The van der Waals surface area contributed by atoms with Gasteiger partial charge in [0.05, 0.1) is 11.5 Å². The van der Waals surface area contributed by atoms with Gasteiger partial charge in [-0.25, -0.2) is 4.79 Å². The molecule has 2 N–H and O–H groups in total. The molecule has 0 spiro atoms. The molecule has 0 bridgehead atoms. The summed E-state index contributed by atoms with van der Waals surface area (Å²) in [6.45, 7) is 6.93. The van der Waals surface area contributed by atoms with Crippen LogP contribution >= 0.6 is 0 Å². The van der Waals surface area contributed by atoms with Gasteiger partial charge in [-0.05, 0) is 40.5 Å². The van der Waals surface area contributed by atoms with Gasteiger partial charge in [0.1, 0.15) is 5.60 Å². The van der Waals surface area contributed by atoms with Crippen molar-refractivity contribution in [2.24, 2.45) is 5.41 Å². The summed E-state index contributed by atoms with van der Waals surface area (Å²) in [5.74, 6) is -0.985. The lowest BCUT2D eigenvalue weighted by molar-refractivity contribution is -0.170. The van der Waals surface area contributed by atoms with Crippen molar-refractivity contribution in [1.29, 1.82) is 0 Å². The van der Waals surface area contributed by atoms with Gasteiger partial charge in [0.2, 0.25) is 0 Å². The summed E-state index contributed by atoms with van der Waals surface area (Å²) < 4.78 is 5.22. The van der Waals surface area contributed by atoms with E-state index < -0.39 is 35.2 Å². The number of ether oxygens (including phenoxy) is 1. The molecule has 1 unspecified atom stereocenters. The van der Waals surface area contributed by atoms with Crippen molar-refractivity contribution < 1.29 is 24.5 Å². The minimum Gasteiger partial charge on any atom is -0.481 e. The number of carboxylic acids is 1. The Morgan fingerprint density at radius 2 is 1.84 bits per heavy atom. The molecule has 1 saturated carbocycles. The lowest BCUT2D eigenvalue weighted by atomic mass is 9.62. The second-order valence-electron chi connectivity index (χ2n) is 6.29. The molecule has 1 atom stereocenters. The summed E-state index contributed by atoms with van der Waals surface area (Å²) in [5.41, 5.74) is -1.70. The minimum atomic E-state index is -1.08. The molecule has 0 heterocycles. The number of rotatable bonds is 3. The van der Waals surface area contributed by atoms with E-state index in [1.54, 1.807) is 27.7 Å². The van der Waals surface area contributed by atoms with Crippen LogP contribution in [0.1, 0.15) is 40.5 Å². The molecule has 1 aliphatic rings. The van der Waals surface area contributed by atoms with E-state index in [0.717, 1.165) is 0 Å². The molecule has 1 rings (SSSR count). The van der Waals surface area contributed by atoms with Crippen LogP contribution < -0.4 is 0 Å². The smallest absolute Gasteiger partial charge is 0.410 e. The third-order valence-corrected chi connectivity index (χ3v) is 3.69. The molecule has 0 radical (unpaired) electrons. The molecule has 1 aliphatic carbocycles. The number of aliphatic hydroxyl groups excluding tert-OH is 1. The topological polar surface area (TPSA) is 87.1 Å². The summed E-state index contributed by atoms with van der Waals surface area (Å²) >= 11 is 0. The van der Waals surface area contributed by atoms with Crippen molar-refractivity contribution in [3.8, 4) is 0 Å². The fourth-order valence-corrected chi connectivity index (χ4v) is 2.34. The van der Waals surface area contributed by atoms with Crippen molar-refractivity contribution >= 4 is 12.1 Å². The highest BCUT2D eigenvalue weighted by Gasteiger charge is 2.55. The number of amides is 1. The molecular weight excluding hydrogens is 250 g/mol. The highest BCUT2D eigenvalue weighted by molar-refractivity contribution is 5.78. The first kappa shape index (κ1) is 15.8. The van der Waals surface area contributed by atoms with Crippen molar-refractivity contribution in [2.45, 2.75) is 58.3 Å². The highest BCUT2D eigenvalue weighted by atomic mass is 16.6. The number of nitrogens with zero attached hydrogens (tertiary/aromatic N) is 1. The van der Waals surface area contributed by atoms with Crippen LogP contribution in [0.15, 0.2) is 0 Å². The second kappa shape index (κ2) is 5.00. The third kappa shape index (κ3) is 3.18. The Kier molecular flexibility index (Phi) is 4.14. The van der Waals surface area contributed by atoms with Gasteiger partial charge in [-0.2, -0.15) is 0 Å². The molecule has 0 aliphatic heterocycles.